The van der Waals surface area contributed by atoms with Gasteiger partial charge in [0.25, 0.3) is 10.0 Å². The number of hydrogen-bond donors (Lipinski definition) is 2. The fourth-order valence-corrected chi connectivity index (χ4v) is 3.25. The maximum atomic E-state index is 12.1. The molecule has 0 saturated carbocycles. The van der Waals surface area contributed by atoms with E-state index < -0.39 is 10.0 Å². The van der Waals surface area contributed by atoms with E-state index in [9.17, 15) is 8.42 Å². The van der Waals surface area contributed by atoms with Crippen LogP contribution >= 0.6 is 15.9 Å². The highest BCUT2D eigenvalue weighted by Gasteiger charge is 2.18. The van der Waals surface area contributed by atoms with Crippen LogP contribution in [-0.4, -0.2) is 18.2 Å². The first-order chi connectivity index (χ1) is 8.79. The van der Waals surface area contributed by atoms with Crippen molar-refractivity contribution in [1.29, 1.82) is 0 Å². The van der Waals surface area contributed by atoms with Gasteiger partial charge in [-0.25, -0.2) is 8.42 Å². The summed E-state index contributed by atoms with van der Waals surface area (Å²) in [5.41, 5.74) is 7.57. The van der Waals surface area contributed by atoms with Crippen LogP contribution in [0.15, 0.2) is 33.9 Å². The molecule has 2 rings (SSSR count). The van der Waals surface area contributed by atoms with E-state index in [1.807, 2.05) is 6.92 Å². The van der Waals surface area contributed by atoms with Gasteiger partial charge < -0.3 is 5.73 Å². The summed E-state index contributed by atoms with van der Waals surface area (Å²) in [5.74, 6) is 0. The minimum Gasteiger partial charge on any atom is -0.398 e. The van der Waals surface area contributed by atoms with Crippen molar-refractivity contribution >= 4 is 37.3 Å². The zero-order valence-corrected chi connectivity index (χ0v) is 12.8. The van der Waals surface area contributed by atoms with Crippen molar-refractivity contribution in [2.45, 2.75) is 11.8 Å². The number of anilines is 2. The van der Waals surface area contributed by atoms with Gasteiger partial charge >= 0.3 is 0 Å². The van der Waals surface area contributed by atoms with Crippen LogP contribution in [0.4, 0.5) is 11.4 Å². The first-order valence-electron chi connectivity index (χ1n) is 5.36. The summed E-state index contributed by atoms with van der Waals surface area (Å²) in [4.78, 5) is 0.0982. The molecular weight excluding hydrogens is 332 g/mol. The maximum absolute atomic E-state index is 12.1. The Labute approximate surface area is 119 Å². The molecule has 8 heteroatoms. The van der Waals surface area contributed by atoms with Crippen molar-refractivity contribution in [3.63, 3.8) is 0 Å². The second-order valence-corrected chi connectivity index (χ2v) is 6.68. The van der Waals surface area contributed by atoms with E-state index in [1.165, 1.54) is 17.1 Å². The average Bonchev–Trinajstić information content (AvgIpc) is 2.73. The van der Waals surface area contributed by atoms with Gasteiger partial charge in [-0.3, -0.25) is 9.40 Å². The quantitative estimate of drug-likeness (QED) is 0.831. The summed E-state index contributed by atoms with van der Waals surface area (Å²) in [5, 5.41) is 3.84. The highest BCUT2D eigenvalue weighted by molar-refractivity contribution is 9.10. The first-order valence-corrected chi connectivity index (χ1v) is 7.64. The lowest BCUT2D eigenvalue weighted by molar-refractivity contribution is 0.601. The molecule has 0 radical (unpaired) electrons. The van der Waals surface area contributed by atoms with Gasteiger partial charge in [0, 0.05) is 23.4 Å². The summed E-state index contributed by atoms with van der Waals surface area (Å²) < 4.78 is 28.8. The van der Waals surface area contributed by atoms with Gasteiger partial charge in [0.2, 0.25) is 0 Å². The summed E-state index contributed by atoms with van der Waals surface area (Å²) in [6.45, 7) is 1.85. The van der Waals surface area contributed by atoms with Crippen LogP contribution in [0.25, 0.3) is 0 Å². The van der Waals surface area contributed by atoms with E-state index >= 15 is 0 Å². The summed E-state index contributed by atoms with van der Waals surface area (Å²) in [6.07, 6.45) is 2.71. The Morgan fingerprint density at radius 2 is 2.11 bits per heavy atom. The zero-order chi connectivity index (χ0) is 14.2. The van der Waals surface area contributed by atoms with E-state index in [0.29, 0.717) is 15.8 Å². The fraction of sp³-hybridized carbons (Fsp3) is 0.182. The standard InChI is InChI=1S/C11H13BrN4O2S/c1-7-3-9(12)11(4-10(7)13)15-19(17,18)8-5-14-16(2)6-8/h3-6,15H,13H2,1-2H3. The number of rotatable bonds is 3. The van der Waals surface area contributed by atoms with Crippen LogP contribution in [0.2, 0.25) is 0 Å². The van der Waals surface area contributed by atoms with Crippen LogP contribution in [0, 0.1) is 6.92 Å². The van der Waals surface area contributed by atoms with Gasteiger partial charge in [-0.05, 0) is 40.5 Å². The Morgan fingerprint density at radius 1 is 1.42 bits per heavy atom. The third kappa shape index (κ3) is 2.90. The molecule has 0 bridgehead atoms. The van der Waals surface area contributed by atoms with Crippen molar-refractivity contribution in [2.75, 3.05) is 10.5 Å². The van der Waals surface area contributed by atoms with Crippen LogP contribution in [-0.2, 0) is 17.1 Å². The number of nitrogens with one attached hydrogen (secondary N) is 1. The molecule has 0 atom stereocenters. The van der Waals surface area contributed by atoms with Gasteiger partial charge in [-0.1, -0.05) is 0 Å². The predicted octanol–water partition coefficient (Wildman–Crippen LogP) is 1.87. The smallest absolute Gasteiger partial charge is 0.265 e. The van der Waals surface area contributed by atoms with E-state index in [-0.39, 0.29) is 4.90 Å². The van der Waals surface area contributed by atoms with E-state index in [4.69, 9.17) is 5.73 Å². The fourth-order valence-electron chi connectivity index (χ4n) is 1.51. The molecule has 102 valence electrons. The molecule has 0 amide bonds. The molecule has 0 unspecified atom stereocenters. The van der Waals surface area contributed by atoms with Crippen LogP contribution in [0.3, 0.4) is 0 Å². The van der Waals surface area contributed by atoms with Crippen molar-refractivity contribution < 1.29 is 8.42 Å². The van der Waals surface area contributed by atoms with Crippen molar-refractivity contribution in [1.82, 2.24) is 9.78 Å². The Hall–Kier alpha value is -1.54. The van der Waals surface area contributed by atoms with Gasteiger partial charge in [-0.2, -0.15) is 5.10 Å². The average molecular weight is 345 g/mol. The molecule has 1 aromatic heterocycles. The molecule has 19 heavy (non-hydrogen) atoms. The molecule has 1 aromatic carbocycles. The third-order valence-corrected chi connectivity index (χ3v) is 4.57. The number of sulfonamides is 1. The highest BCUT2D eigenvalue weighted by atomic mass is 79.9. The second kappa shape index (κ2) is 4.86. The number of aromatic nitrogens is 2. The normalized spacial score (nSPS) is 11.5. The predicted molar refractivity (Wildman–Crippen MR) is 77.3 cm³/mol. The van der Waals surface area contributed by atoms with Crippen molar-refractivity contribution in [3.8, 4) is 0 Å². The van der Waals surface area contributed by atoms with Crippen molar-refractivity contribution in [2.24, 2.45) is 7.05 Å². The molecule has 0 aliphatic rings. The molecule has 2 aromatic rings. The number of nitrogens with zero attached hydrogens (tertiary/aromatic N) is 2. The molecule has 0 saturated heterocycles. The van der Waals surface area contributed by atoms with E-state index in [1.54, 1.807) is 19.2 Å². The largest absolute Gasteiger partial charge is 0.398 e. The van der Waals surface area contributed by atoms with Crippen LogP contribution < -0.4 is 10.5 Å². The minimum atomic E-state index is -3.66. The monoisotopic (exact) mass is 344 g/mol. The zero-order valence-electron chi connectivity index (χ0n) is 10.4. The van der Waals surface area contributed by atoms with Gasteiger partial charge in [-0.15, -0.1) is 0 Å². The van der Waals surface area contributed by atoms with Gasteiger partial charge in [0.15, 0.2) is 0 Å². The van der Waals surface area contributed by atoms with E-state index in [2.05, 4.69) is 25.8 Å². The lowest BCUT2D eigenvalue weighted by atomic mass is 10.2. The Bertz CT molecular complexity index is 724. The number of halogens is 1. The van der Waals surface area contributed by atoms with Gasteiger partial charge in [0.1, 0.15) is 4.90 Å². The van der Waals surface area contributed by atoms with Gasteiger partial charge in [0.05, 0.1) is 11.9 Å². The topological polar surface area (TPSA) is 90.0 Å². The number of nitrogen functional groups attached to an aromatic ring is 1. The lowest BCUT2D eigenvalue weighted by Gasteiger charge is -2.10. The lowest BCUT2D eigenvalue weighted by Crippen LogP contribution is -2.13. The molecule has 0 aliphatic heterocycles. The molecule has 6 nitrogen and oxygen atoms in total. The number of nitrogens with two attached hydrogens (primary N) is 1. The number of hydrogen-bond acceptors (Lipinski definition) is 4. The van der Waals surface area contributed by atoms with Crippen LogP contribution in [0.1, 0.15) is 5.56 Å². The first kappa shape index (κ1) is 13.9. The molecule has 0 aliphatic carbocycles. The third-order valence-electron chi connectivity index (χ3n) is 2.59. The van der Waals surface area contributed by atoms with E-state index in [0.717, 1.165) is 5.56 Å². The summed E-state index contributed by atoms with van der Waals surface area (Å²) in [7, 11) is -2.01. The maximum Gasteiger partial charge on any atom is 0.265 e. The number of benzene rings is 1. The molecular formula is C11H13BrN4O2S. The minimum absolute atomic E-state index is 0.0982. The SMILES string of the molecule is Cc1cc(Br)c(NS(=O)(=O)c2cnn(C)c2)cc1N. The molecule has 1 heterocycles. The summed E-state index contributed by atoms with van der Waals surface area (Å²) >= 11 is 3.31. The molecule has 0 spiro atoms. The Kier molecular flexibility index (Phi) is 3.55. The van der Waals surface area contributed by atoms with Crippen LogP contribution in [0.5, 0.6) is 0 Å². The molecule has 0 fully saturated rings. The Balaban J connectivity index is 2.38. The summed E-state index contributed by atoms with van der Waals surface area (Å²) in [6, 6.07) is 3.34. The highest BCUT2D eigenvalue weighted by Crippen LogP contribution is 2.29. The second-order valence-electron chi connectivity index (χ2n) is 4.14. The number of aryl methyl sites for hydroxylation is 2. The Morgan fingerprint density at radius 3 is 2.68 bits per heavy atom. The van der Waals surface area contributed by atoms with Crippen molar-refractivity contribution in [3.05, 3.63) is 34.6 Å². The molecule has 3 N–H and O–H groups in total.